The molecule has 164 valence electrons. The Bertz CT molecular complexity index is 1350. The molecule has 0 bridgehead atoms. The second kappa shape index (κ2) is 8.79. The third-order valence-electron chi connectivity index (χ3n) is 4.68. The Kier molecular flexibility index (Phi) is 6.07. The van der Waals surface area contributed by atoms with E-state index in [9.17, 15) is 22.8 Å². The number of carbonyl (C=O) groups is 1. The first kappa shape index (κ1) is 22.1. The van der Waals surface area contributed by atoms with E-state index in [1.165, 1.54) is 34.1 Å². The van der Waals surface area contributed by atoms with Gasteiger partial charge in [-0.2, -0.15) is 13.2 Å². The van der Waals surface area contributed by atoms with E-state index in [1.807, 2.05) is 35.7 Å². The number of alkyl halides is 3. The summed E-state index contributed by atoms with van der Waals surface area (Å²) in [6.07, 6.45) is -4.58. The summed E-state index contributed by atoms with van der Waals surface area (Å²) >= 11 is 2.28. The minimum absolute atomic E-state index is 0.206. The Labute approximate surface area is 188 Å². The maximum absolute atomic E-state index is 13.1. The largest absolute Gasteiger partial charge is 0.418 e. The fourth-order valence-corrected chi connectivity index (χ4v) is 4.88. The van der Waals surface area contributed by atoms with Gasteiger partial charge in [-0.15, -0.1) is 11.3 Å². The standard InChI is InChI=1S/C22H16F3N3O2S2/c1-28-20(30)19-18(14(11-31-19)13-7-3-2-4-8-13)27-21(28)32-12-17(29)26-16-10-6-5-9-15(16)22(23,24)25/h2-11H,12H2,1H3,(H,26,29). The summed E-state index contributed by atoms with van der Waals surface area (Å²) in [7, 11) is 1.55. The molecule has 2 heterocycles. The number of hydrogen-bond donors (Lipinski definition) is 1. The van der Waals surface area contributed by atoms with Crippen LogP contribution in [-0.4, -0.2) is 21.2 Å². The highest BCUT2D eigenvalue weighted by Gasteiger charge is 2.33. The van der Waals surface area contributed by atoms with Gasteiger partial charge in [0.15, 0.2) is 5.16 Å². The monoisotopic (exact) mass is 475 g/mol. The second-order valence-corrected chi connectivity index (χ2v) is 8.65. The van der Waals surface area contributed by atoms with Crippen LogP contribution in [0.4, 0.5) is 18.9 Å². The first-order valence-electron chi connectivity index (χ1n) is 9.38. The Morgan fingerprint density at radius 2 is 1.81 bits per heavy atom. The fraction of sp³-hybridized carbons (Fsp3) is 0.136. The zero-order chi connectivity index (χ0) is 22.9. The van der Waals surface area contributed by atoms with Crippen molar-refractivity contribution in [2.24, 2.45) is 7.05 Å². The Hall–Kier alpha value is -3.11. The van der Waals surface area contributed by atoms with Gasteiger partial charge in [0.05, 0.1) is 22.5 Å². The molecule has 0 atom stereocenters. The van der Waals surface area contributed by atoms with Crippen molar-refractivity contribution in [3.8, 4) is 11.1 Å². The van der Waals surface area contributed by atoms with Crippen LogP contribution in [0.5, 0.6) is 0 Å². The quantitative estimate of drug-likeness (QED) is 0.310. The van der Waals surface area contributed by atoms with Crippen LogP contribution in [0.2, 0.25) is 0 Å². The number of benzene rings is 2. The van der Waals surface area contributed by atoms with Gasteiger partial charge >= 0.3 is 6.18 Å². The molecule has 0 saturated carbocycles. The third kappa shape index (κ3) is 4.42. The molecule has 32 heavy (non-hydrogen) atoms. The van der Waals surface area contributed by atoms with Gasteiger partial charge in [-0.1, -0.05) is 54.2 Å². The van der Waals surface area contributed by atoms with Crippen LogP contribution in [0.15, 0.2) is 69.9 Å². The summed E-state index contributed by atoms with van der Waals surface area (Å²) in [6, 6.07) is 14.3. The number of nitrogens with one attached hydrogen (secondary N) is 1. The highest BCUT2D eigenvalue weighted by molar-refractivity contribution is 7.99. The molecular weight excluding hydrogens is 459 g/mol. The number of anilines is 1. The van der Waals surface area contributed by atoms with Crippen molar-refractivity contribution in [1.29, 1.82) is 0 Å². The van der Waals surface area contributed by atoms with Gasteiger partial charge in [0.1, 0.15) is 4.70 Å². The van der Waals surface area contributed by atoms with Gasteiger partial charge in [0.25, 0.3) is 5.56 Å². The summed E-state index contributed by atoms with van der Waals surface area (Å²) in [4.78, 5) is 29.7. The Balaban J connectivity index is 1.58. The number of rotatable bonds is 5. The lowest BCUT2D eigenvalue weighted by molar-refractivity contribution is -0.137. The molecule has 0 spiro atoms. The van der Waals surface area contributed by atoms with Crippen molar-refractivity contribution in [1.82, 2.24) is 9.55 Å². The van der Waals surface area contributed by atoms with Gasteiger partial charge in [-0.3, -0.25) is 14.2 Å². The van der Waals surface area contributed by atoms with Crippen LogP contribution < -0.4 is 10.9 Å². The molecule has 1 amide bonds. The molecule has 10 heteroatoms. The van der Waals surface area contributed by atoms with Gasteiger partial charge < -0.3 is 5.32 Å². The van der Waals surface area contributed by atoms with Crippen molar-refractivity contribution in [3.63, 3.8) is 0 Å². The Morgan fingerprint density at radius 1 is 1.12 bits per heavy atom. The molecule has 0 saturated heterocycles. The number of nitrogens with zero attached hydrogens (tertiary/aromatic N) is 2. The molecule has 0 radical (unpaired) electrons. The molecule has 0 fully saturated rings. The third-order valence-corrected chi connectivity index (χ3v) is 6.67. The molecular formula is C22H16F3N3O2S2. The van der Waals surface area contributed by atoms with Crippen LogP contribution in [0, 0.1) is 0 Å². The van der Waals surface area contributed by atoms with Crippen molar-refractivity contribution in [3.05, 3.63) is 75.9 Å². The molecule has 1 N–H and O–H groups in total. The summed E-state index contributed by atoms with van der Waals surface area (Å²) in [5, 5.41) is 4.47. The highest BCUT2D eigenvalue weighted by atomic mass is 32.2. The minimum atomic E-state index is -4.58. The van der Waals surface area contributed by atoms with Crippen LogP contribution in [0.3, 0.4) is 0 Å². The SMILES string of the molecule is Cn1c(SCC(=O)Nc2ccccc2C(F)(F)F)nc2c(-c3ccccc3)csc2c1=O. The number of thioether (sulfide) groups is 1. The van der Waals surface area contributed by atoms with Gasteiger partial charge in [-0.25, -0.2) is 4.98 Å². The van der Waals surface area contributed by atoms with E-state index < -0.39 is 17.6 Å². The van der Waals surface area contributed by atoms with Gasteiger partial charge in [-0.05, 0) is 17.7 Å². The van der Waals surface area contributed by atoms with Gasteiger partial charge in [0, 0.05) is 18.0 Å². The Morgan fingerprint density at radius 3 is 2.53 bits per heavy atom. The minimum Gasteiger partial charge on any atom is -0.325 e. The molecule has 2 aromatic carbocycles. The van der Waals surface area contributed by atoms with E-state index in [0.29, 0.717) is 15.4 Å². The fourth-order valence-electron chi connectivity index (χ4n) is 3.13. The number of carbonyl (C=O) groups excluding carboxylic acids is 1. The van der Waals surface area contributed by atoms with E-state index in [-0.39, 0.29) is 17.0 Å². The maximum Gasteiger partial charge on any atom is 0.418 e. The number of amides is 1. The van der Waals surface area contributed by atoms with Crippen molar-refractivity contribution < 1.29 is 18.0 Å². The molecule has 2 aromatic heterocycles. The highest BCUT2D eigenvalue weighted by Crippen LogP contribution is 2.35. The molecule has 4 rings (SSSR count). The summed E-state index contributed by atoms with van der Waals surface area (Å²) in [5.74, 6) is -0.836. The summed E-state index contributed by atoms with van der Waals surface area (Å²) < 4.78 is 41.3. The number of para-hydroxylation sites is 1. The molecule has 0 aliphatic heterocycles. The topological polar surface area (TPSA) is 64.0 Å². The lowest BCUT2D eigenvalue weighted by atomic mass is 10.1. The van der Waals surface area contributed by atoms with E-state index >= 15 is 0 Å². The lowest BCUT2D eigenvalue weighted by Gasteiger charge is -2.13. The zero-order valence-electron chi connectivity index (χ0n) is 16.6. The molecule has 5 nitrogen and oxygen atoms in total. The average molecular weight is 476 g/mol. The van der Waals surface area contributed by atoms with Crippen LogP contribution >= 0.6 is 23.1 Å². The normalized spacial score (nSPS) is 11.6. The van der Waals surface area contributed by atoms with Crippen LogP contribution in [0.25, 0.3) is 21.3 Å². The number of halogens is 3. The average Bonchev–Trinajstić information content (AvgIpc) is 3.19. The lowest BCUT2D eigenvalue weighted by Crippen LogP contribution is -2.21. The summed E-state index contributed by atoms with van der Waals surface area (Å²) in [5.41, 5.74) is 0.788. The van der Waals surface area contributed by atoms with E-state index in [2.05, 4.69) is 10.3 Å². The molecule has 0 unspecified atom stereocenters. The van der Waals surface area contributed by atoms with Crippen molar-refractivity contribution in [2.45, 2.75) is 11.3 Å². The number of aromatic nitrogens is 2. The first-order chi connectivity index (χ1) is 15.3. The van der Waals surface area contributed by atoms with Crippen molar-refractivity contribution in [2.75, 3.05) is 11.1 Å². The number of fused-ring (bicyclic) bond motifs is 1. The molecule has 0 aliphatic rings. The first-order valence-corrected chi connectivity index (χ1v) is 11.2. The second-order valence-electron chi connectivity index (χ2n) is 6.83. The molecule has 0 aliphatic carbocycles. The maximum atomic E-state index is 13.1. The molecule has 4 aromatic rings. The van der Waals surface area contributed by atoms with E-state index in [0.717, 1.165) is 29.0 Å². The van der Waals surface area contributed by atoms with Gasteiger partial charge in [0.2, 0.25) is 5.91 Å². The number of thiophene rings is 1. The predicted molar refractivity (Wildman–Crippen MR) is 121 cm³/mol. The van der Waals surface area contributed by atoms with E-state index in [4.69, 9.17) is 0 Å². The van der Waals surface area contributed by atoms with Crippen molar-refractivity contribution >= 4 is 44.9 Å². The zero-order valence-corrected chi connectivity index (χ0v) is 18.3. The van der Waals surface area contributed by atoms with Crippen LogP contribution in [-0.2, 0) is 18.0 Å². The number of hydrogen-bond acceptors (Lipinski definition) is 5. The van der Waals surface area contributed by atoms with Crippen LogP contribution in [0.1, 0.15) is 5.56 Å². The van der Waals surface area contributed by atoms with E-state index in [1.54, 1.807) is 7.05 Å². The smallest absolute Gasteiger partial charge is 0.325 e. The summed E-state index contributed by atoms with van der Waals surface area (Å²) in [6.45, 7) is 0. The predicted octanol–water partition coefficient (Wildman–Crippen LogP) is 5.41.